The summed E-state index contributed by atoms with van der Waals surface area (Å²) < 4.78 is 0. The zero-order valence-electron chi connectivity index (χ0n) is 11.1. The Morgan fingerprint density at radius 2 is 2.00 bits per heavy atom. The quantitative estimate of drug-likeness (QED) is 0.929. The molecule has 0 aliphatic heterocycles. The summed E-state index contributed by atoms with van der Waals surface area (Å²) in [5, 5.41) is 1.23. The molecule has 3 nitrogen and oxygen atoms in total. The maximum Gasteiger partial charge on any atom is 0.226 e. The fourth-order valence-corrected chi connectivity index (χ4v) is 2.81. The third-order valence-corrected chi connectivity index (χ3v) is 4.21. The lowest BCUT2D eigenvalue weighted by atomic mass is 10.1. The molecule has 1 aliphatic rings. The molecule has 5 heteroatoms. The van der Waals surface area contributed by atoms with Crippen LogP contribution in [0.5, 0.6) is 0 Å². The minimum atomic E-state index is 0.0357. The largest absolute Gasteiger partial charge is 0.342 e. The Morgan fingerprint density at radius 1 is 1.42 bits per heavy atom. The summed E-state index contributed by atoms with van der Waals surface area (Å²) in [6.45, 7) is 2.42. The van der Waals surface area contributed by atoms with E-state index >= 15 is 0 Å². The van der Waals surface area contributed by atoms with Gasteiger partial charge in [0, 0.05) is 35.6 Å². The molecule has 1 fully saturated rings. The van der Waals surface area contributed by atoms with Crippen LogP contribution in [-0.4, -0.2) is 30.4 Å². The number of nitrogens with zero attached hydrogens (tertiary/aromatic N) is 1. The zero-order chi connectivity index (χ0) is 14.2. The maximum absolute atomic E-state index is 12.3. The molecule has 0 bridgehead atoms. The number of amides is 1. The van der Waals surface area contributed by atoms with E-state index in [1.165, 1.54) is 0 Å². The lowest BCUT2D eigenvalue weighted by molar-refractivity contribution is -0.133. The highest BCUT2D eigenvalue weighted by Crippen LogP contribution is 2.49. The van der Waals surface area contributed by atoms with Gasteiger partial charge in [-0.05, 0) is 43.0 Å². The van der Waals surface area contributed by atoms with E-state index in [0.717, 1.165) is 12.0 Å². The van der Waals surface area contributed by atoms with Crippen LogP contribution < -0.4 is 5.73 Å². The van der Waals surface area contributed by atoms with Gasteiger partial charge < -0.3 is 10.6 Å². The van der Waals surface area contributed by atoms with E-state index in [1.54, 1.807) is 18.0 Å². The van der Waals surface area contributed by atoms with Gasteiger partial charge in [-0.15, -0.1) is 0 Å². The molecular formula is C14H18Cl2N2O. The van der Waals surface area contributed by atoms with Crippen LogP contribution in [0.1, 0.15) is 24.8 Å². The van der Waals surface area contributed by atoms with Gasteiger partial charge in [-0.25, -0.2) is 0 Å². The second-order valence-electron chi connectivity index (χ2n) is 5.19. The number of likely N-dealkylation sites (N-methyl/N-ethyl adjacent to an activating group) is 1. The van der Waals surface area contributed by atoms with Crippen molar-refractivity contribution < 1.29 is 4.79 Å². The Hall–Kier alpha value is -0.770. The van der Waals surface area contributed by atoms with Crippen molar-refractivity contribution in [2.45, 2.75) is 25.3 Å². The molecule has 0 aromatic heterocycles. The van der Waals surface area contributed by atoms with Crippen molar-refractivity contribution in [2.24, 2.45) is 11.7 Å². The van der Waals surface area contributed by atoms with Gasteiger partial charge in [-0.2, -0.15) is 0 Å². The molecule has 0 spiro atoms. The molecular weight excluding hydrogens is 283 g/mol. The first kappa shape index (κ1) is 14.6. The van der Waals surface area contributed by atoms with Gasteiger partial charge in [0.1, 0.15) is 0 Å². The third-order valence-electron chi connectivity index (χ3n) is 3.77. The lowest BCUT2D eigenvalue weighted by Crippen LogP contribution is -2.40. The summed E-state index contributed by atoms with van der Waals surface area (Å²) in [5.41, 5.74) is 6.63. The Bertz CT molecular complexity index is 472. The molecule has 0 radical (unpaired) electrons. The second-order valence-corrected chi connectivity index (χ2v) is 6.06. The van der Waals surface area contributed by atoms with Gasteiger partial charge in [0.2, 0.25) is 5.91 Å². The maximum atomic E-state index is 12.3. The number of benzene rings is 1. The molecule has 1 aliphatic carbocycles. The SMILES string of the molecule is CC(CN)N(C)C(=O)C1CC1c1cc(Cl)cc(Cl)c1. The van der Waals surface area contributed by atoms with Crippen LogP contribution in [0.3, 0.4) is 0 Å². The van der Waals surface area contributed by atoms with E-state index in [0.29, 0.717) is 16.6 Å². The highest BCUT2D eigenvalue weighted by molar-refractivity contribution is 6.34. The first-order valence-corrected chi connectivity index (χ1v) is 7.12. The van der Waals surface area contributed by atoms with Gasteiger partial charge in [0.15, 0.2) is 0 Å². The van der Waals surface area contributed by atoms with Crippen molar-refractivity contribution in [3.8, 4) is 0 Å². The van der Waals surface area contributed by atoms with E-state index in [9.17, 15) is 4.79 Å². The molecule has 0 saturated heterocycles. The molecule has 1 amide bonds. The Labute approximate surface area is 123 Å². The average Bonchev–Trinajstić information content (AvgIpc) is 3.15. The molecule has 1 aromatic rings. The molecule has 19 heavy (non-hydrogen) atoms. The summed E-state index contributed by atoms with van der Waals surface area (Å²) in [4.78, 5) is 14.0. The van der Waals surface area contributed by atoms with Gasteiger partial charge in [0.05, 0.1) is 0 Å². The molecule has 2 N–H and O–H groups in total. The summed E-state index contributed by atoms with van der Waals surface area (Å²) in [6, 6.07) is 5.54. The van der Waals surface area contributed by atoms with Crippen molar-refractivity contribution in [1.29, 1.82) is 0 Å². The number of nitrogens with two attached hydrogens (primary N) is 1. The van der Waals surface area contributed by atoms with Gasteiger partial charge >= 0.3 is 0 Å². The number of carbonyl (C=O) groups is 1. The predicted molar refractivity (Wildman–Crippen MR) is 78.6 cm³/mol. The summed E-state index contributed by atoms with van der Waals surface area (Å²) >= 11 is 12.0. The number of halogens is 2. The van der Waals surface area contributed by atoms with E-state index in [2.05, 4.69) is 0 Å². The molecule has 3 unspecified atom stereocenters. The molecule has 1 aromatic carbocycles. The van der Waals surface area contributed by atoms with E-state index in [-0.39, 0.29) is 23.8 Å². The van der Waals surface area contributed by atoms with Crippen molar-refractivity contribution >= 4 is 29.1 Å². The van der Waals surface area contributed by atoms with E-state index in [1.807, 2.05) is 19.1 Å². The molecule has 0 heterocycles. The zero-order valence-corrected chi connectivity index (χ0v) is 12.6. The van der Waals surface area contributed by atoms with E-state index in [4.69, 9.17) is 28.9 Å². The highest BCUT2D eigenvalue weighted by atomic mass is 35.5. The number of rotatable bonds is 4. The minimum Gasteiger partial charge on any atom is -0.342 e. The summed E-state index contributed by atoms with van der Waals surface area (Å²) in [7, 11) is 1.81. The fraction of sp³-hybridized carbons (Fsp3) is 0.500. The van der Waals surface area contributed by atoms with E-state index < -0.39 is 0 Å². The first-order valence-electron chi connectivity index (χ1n) is 6.36. The molecule has 2 rings (SSSR count). The van der Waals surface area contributed by atoms with Crippen LogP contribution in [-0.2, 0) is 4.79 Å². The van der Waals surface area contributed by atoms with Crippen LogP contribution in [0, 0.1) is 5.92 Å². The minimum absolute atomic E-state index is 0.0357. The summed E-state index contributed by atoms with van der Waals surface area (Å²) in [5.74, 6) is 0.420. The highest BCUT2D eigenvalue weighted by Gasteiger charge is 2.45. The molecule has 3 atom stereocenters. The fourth-order valence-electron chi connectivity index (χ4n) is 2.26. The van der Waals surface area contributed by atoms with Crippen molar-refractivity contribution in [1.82, 2.24) is 4.90 Å². The van der Waals surface area contributed by atoms with Gasteiger partial charge in [0.25, 0.3) is 0 Å². The Kier molecular flexibility index (Phi) is 4.39. The van der Waals surface area contributed by atoms with Gasteiger partial charge in [-0.1, -0.05) is 23.2 Å². The smallest absolute Gasteiger partial charge is 0.226 e. The average molecular weight is 301 g/mol. The molecule has 1 saturated carbocycles. The normalized spacial score (nSPS) is 23.0. The lowest BCUT2D eigenvalue weighted by Gasteiger charge is -2.23. The Balaban J connectivity index is 2.06. The monoisotopic (exact) mass is 300 g/mol. The van der Waals surface area contributed by atoms with Crippen LogP contribution in [0.2, 0.25) is 10.0 Å². The topological polar surface area (TPSA) is 46.3 Å². The number of hydrogen-bond acceptors (Lipinski definition) is 2. The predicted octanol–water partition coefficient (Wildman–Crippen LogP) is 2.90. The van der Waals surface area contributed by atoms with Crippen molar-refractivity contribution in [2.75, 3.05) is 13.6 Å². The summed E-state index contributed by atoms with van der Waals surface area (Å²) in [6.07, 6.45) is 0.858. The van der Waals surface area contributed by atoms with Crippen molar-refractivity contribution in [3.63, 3.8) is 0 Å². The Morgan fingerprint density at radius 3 is 2.53 bits per heavy atom. The standard InChI is InChI=1S/C14H18Cl2N2O/c1-8(7-17)18(2)14(19)13-6-12(13)9-3-10(15)5-11(16)4-9/h3-5,8,12-13H,6-7,17H2,1-2H3. The molecule has 104 valence electrons. The van der Waals surface area contributed by atoms with Crippen molar-refractivity contribution in [3.05, 3.63) is 33.8 Å². The first-order chi connectivity index (χ1) is 8.93. The van der Waals surface area contributed by atoms with Gasteiger partial charge in [-0.3, -0.25) is 4.79 Å². The number of carbonyl (C=O) groups excluding carboxylic acids is 1. The van der Waals surface area contributed by atoms with Crippen LogP contribution in [0.25, 0.3) is 0 Å². The van der Waals surface area contributed by atoms with Crippen LogP contribution >= 0.6 is 23.2 Å². The number of hydrogen-bond donors (Lipinski definition) is 1. The second kappa shape index (κ2) is 5.70. The van der Waals surface area contributed by atoms with Crippen LogP contribution in [0.15, 0.2) is 18.2 Å². The van der Waals surface area contributed by atoms with Crippen LogP contribution in [0.4, 0.5) is 0 Å². The third kappa shape index (κ3) is 3.22.